The SMILES string of the molecule is C[N+](C)(C)C.O=C([O-])C(c1ccccc1)(c1ccccc1)c1ccccc1. The Hall–Kier alpha value is -2.91. The van der Waals surface area contributed by atoms with E-state index in [1.807, 2.05) is 91.0 Å². The largest absolute Gasteiger partial charge is 0.548 e. The van der Waals surface area contributed by atoms with Gasteiger partial charge in [-0.2, -0.15) is 0 Å². The number of carbonyl (C=O) groups is 1. The highest BCUT2D eigenvalue weighted by Gasteiger charge is 2.37. The minimum Gasteiger partial charge on any atom is -0.548 e. The van der Waals surface area contributed by atoms with Crippen molar-refractivity contribution >= 4 is 5.97 Å². The summed E-state index contributed by atoms with van der Waals surface area (Å²) in [5.74, 6) is -1.13. The standard InChI is InChI=1S/C20H16O2.C4H12N/c21-19(22)20(16-10-4-1-5-11-16,17-12-6-2-7-13-17)18-14-8-3-9-15-18;1-5(2,3)4/h1-15H,(H,21,22);1-4H3/q;+1/p-1. The molecule has 0 aliphatic carbocycles. The lowest BCUT2D eigenvalue weighted by Gasteiger charge is -2.36. The van der Waals surface area contributed by atoms with Crippen molar-refractivity contribution in [2.24, 2.45) is 0 Å². The molecule has 3 rings (SSSR count). The summed E-state index contributed by atoms with van der Waals surface area (Å²) in [4.78, 5) is 12.3. The fourth-order valence-corrected chi connectivity index (χ4v) is 2.92. The number of carboxylic acid groups (broad SMARTS) is 1. The average Bonchev–Trinajstić information content (AvgIpc) is 2.63. The van der Waals surface area contributed by atoms with Crippen LogP contribution in [0.5, 0.6) is 0 Å². The molecule has 0 radical (unpaired) electrons. The Labute approximate surface area is 162 Å². The molecular weight excluding hydrogens is 334 g/mol. The molecule has 0 saturated carbocycles. The Morgan fingerprint density at radius 1 is 0.630 bits per heavy atom. The third-order valence-corrected chi connectivity index (χ3v) is 3.93. The first kappa shape index (κ1) is 20.4. The molecule has 140 valence electrons. The first-order valence-electron chi connectivity index (χ1n) is 8.93. The Balaban J connectivity index is 0.000000465. The van der Waals surface area contributed by atoms with Crippen molar-refractivity contribution in [2.45, 2.75) is 5.41 Å². The van der Waals surface area contributed by atoms with E-state index in [1.54, 1.807) is 0 Å². The molecule has 0 saturated heterocycles. The van der Waals surface area contributed by atoms with Crippen LogP contribution in [-0.4, -0.2) is 38.6 Å². The third kappa shape index (κ3) is 5.05. The molecule has 3 nitrogen and oxygen atoms in total. The van der Waals surface area contributed by atoms with Gasteiger partial charge in [-0.25, -0.2) is 0 Å². The molecule has 0 bridgehead atoms. The van der Waals surface area contributed by atoms with Gasteiger partial charge in [-0.05, 0) is 16.7 Å². The van der Waals surface area contributed by atoms with Crippen LogP contribution < -0.4 is 5.11 Å². The predicted molar refractivity (Wildman–Crippen MR) is 108 cm³/mol. The number of quaternary nitrogens is 1. The number of nitrogens with zero attached hydrogens (tertiary/aromatic N) is 1. The number of carboxylic acids is 1. The summed E-state index contributed by atoms with van der Waals surface area (Å²) < 4.78 is 1.00. The molecule has 0 spiro atoms. The van der Waals surface area contributed by atoms with Crippen LogP contribution in [0.2, 0.25) is 0 Å². The minimum absolute atomic E-state index is 0.687. The smallest absolute Gasteiger partial charge is 0.0847 e. The Morgan fingerprint density at radius 2 is 0.852 bits per heavy atom. The van der Waals surface area contributed by atoms with Gasteiger partial charge in [0.1, 0.15) is 0 Å². The summed E-state index contributed by atoms with van der Waals surface area (Å²) in [5, 5.41) is 12.3. The van der Waals surface area contributed by atoms with E-state index < -0.39 is 11.4 Å². The van der Waals surface area contributed by atoms with Crippen molar-refractivity contribution in [3.05, 3.63) is 108 Å². The third-order valence-electron chi connectivity index (χ3n) is 3.93. The van der Waals surface area contributed by atoms with E-state index in [-0.39, 0.29) is 0 Å². The van der Waals surface area contributed by atoms with E-state index in [1.165, 1.54) is 0 Å². The summed E-state index contributed by atoms with van der Waals surface area (Å²) >= 11 is 0. The van der Waals surface area contributed by atoms with Crippen molar-refractivity contribution in [2.75, 3.05) is 28.2 Å². The van der Waals surface area contributed by atoms with Crippen molar-refractivity contribution in [1.82, 2.24) is 0 Å². The number of rotatable bonds is 4. The molecule has 0 atom stereocenters. The molecule has 3 aromatic carbocycles. The molecule has 0 amide bonds. The predicted octanol–water partition coefficient (Wildman–Crippen LogP) is 3.09. The zero-order valence-corrected chi connectivity index (χ0v) is 16.4. The quantitative estimate of drug-likeness (QED) is 0.529. The summed E-state index contributed by atoms with van der Waals surface area (Å²) in [6, 6.07) is 27.7. The summed E-state index contributed by atoms with van der Waals surface area (Å²) in [6.07, 6.45) is 0. The van der Waals surface area contributed by atoms with Crippen LogP contribution in [0.3, 0.4) is 0 Å². The molecule has 3 aromatic rings. The number of carbonyl (C=O) groups excluding carboxylic acids is 1. The second kappa shape index (κ2) is 8.65. The van der Waals surface area contributed by atoms with Crippen molar-refractivity contribution in [3.63, 3.8) is 0 Å². The molecular formula is C24H27NO2. The topological polar surface area (TPSA) is 40.1 Å². The number of aliphatic carboxylic acids is 1. The van der Waals surface area contributed by atoms with E-state index in [0.717, 1.165) is 4.48 Å². The zero-order chi connectivity index (χ0) is 19.9. The summed E-state index contributed by atoms with van der Waals surface area (Å²) in [6.45, 7) is 0. The van der Waals surface area contributed by atoms with E-state index in [9.17, 15) is 9.90 Å². The molecule has 0 unspecified atom stereocenters. The molecule has 0 fully saturated rings. The van der Waals surface area contributed by atoms with Crippen LogP contribution in [0.25, 0.3) is 0 Å². The summed E-state index contributed by atoms with van der Waals surface area (Å²) in [7, 11) is 8.50. The summed E-state index contributed by atoms with van der Waals surface area (Å²) in [5.41, 5.74) is 0.747. The lowest BCUT2D eigenvalue weighted by atomic mass is 9.69. The zero-order valence-electron chi connectivity index (χ0n) is 16.4. The average molecular weight is 361 g/mol. The van der Waals surface area contributed by atoms with Crippen LogP contribution in [-0.2, 0) is 10.2 Å². The fourth-order valence-electron chi connectivity index (χ4n) is 2.92. The maximum absolute atomic E-state index is 12.3. The minimum atomic E-state index is -1.32. The van der Waals surface area contributed by atoms with E-state index in [4.69, 9.17) is 0 Å². The maximum atomic E-state index is 12.3. The molecule has 0 aromatic heterocycles. The van der Waals surface area contributed by atoms with Gasteiger partial charge in [0.25, 0.3) is 0 Å². The highest BCUT2D eigenvalue weighted by molar-refractivity contribution is 5.89. The first-order valence-corrected chi connectivity index (χ1v) is 8.93. The number of hydrogen-bond acceptors (Lipinski definition) is 2. The molecule has 3 heteroatoms. The molecule has 0 aliphatic rings. The van der Waals surface area contributed by atoms with Crippen molar-refractivity contribution in [3.8, 4) is 0 Å². The van der Waals surface area contributed by atoms with Crippen LogP contribution >= 0.6 is 0 Å². The fraction of sp³-hybridized carbons (Fsp3) is 0.208. The molecule has 27 heavy (non-hydrogen) atoms. The van der Waals surface area contributed by atoms with Gasteiger partial charge in [0, 0.05) is 0 Å². The van der Waals surface area contributed by atoms with Crippen molar-refractivity contribution < 1.29 is 14.4 Å². The van der Waals surface area contributed by atoms with Crippen molar-refractivity contribution in [1.29, 1.82) is 0 Å². The van der Waals surface area contributed by atoms with Gasteiger partial charge in [-0.1, -0.05) is 91.0 Å². The van der Waals surface area contributed by atoms with Crippen LogP contribution in [0, 0.1) is 0 Å². The van der Waals surface area contributed by atoms with Gasteiger partial charge in [-0.3, -0.25) is 0 Å². The van der Waals surface area contributed by atoms with Crippen LogP contribution in [0.1, 0.15) is 16.7 Å². The Bertz CT molecular complexity index is 735. The van der Waals surface area contributed by atoms with Gasteiger partial charge < -0.3 is 14.4 Å². The van der Waals surface area contributed by atoms with E-state index in [0.29, 0.717) is 16.7 Å². The Kier molecular flexibility index (Phi) is 6.54. The first-order chi connectivity index (χ1) is 12.8. The number of hydrogen-bond donors (Lipinski definition) is 0. The highest BCUT2D eigenvalue weighted by atomic mass is 16.4. The monoisotopic (exact) mass is 361 g/mol. The van der Waals surface area contributed by atoms with E-state index >= 15 is 0 Å². The second-order valence-corrected chi connectivity index (χ2v) is 7.82. The lowest BCUT2D eigenvalue weighted by Crippen LogP contribution is -2.47. The molecule has 0 heterocycles. The van der Waals surface area contributed by atoms with Gasteiger partial charge in [0.15, 0.2) is 0 Å². The van der Waals surface area contributed by atoms with Crippen LogP contribution in [0.4, 0.5) is 0 Å². The van der Waals surface area contributed by atoms with E-state index in [2.05, 4.69) is 28.2 Å². The van der Waals surface area contributed by atoms with Gasteiger partial charge in [0.05, 0.1) is 39.6 Å². The molecule has 0 N–H and O–H groups in total. The van der Waals surface area contributed by atoms with Gasteiger partial charge in [0.2, 0.25) is 0 Å². The lowest BCUT2D eigenvalue weighted by molar-refractivity contribution is -0.849. The van der Waals surface area contributed by atoms with Gasteiger partial charge in [-0.15, -0.1) is 0 Å². The number of benzene rings is 3. The van der Waals surface area contributed by atoms with Crippen LogP contribution in [0.15, 0.2) is 91.0 Å². The van der Waals surface area contributed by atoms with Gasteiger partial charge >= 0.3 is 0 Å². The maximum Gasteiger partial charge on any atom is 0.0847 e. The molecule has 0 aliphatic heterocycles. The highest BCUT2D eigenvalue weighted by Crippen LogP contribution is 2.38. The Morgan fingerprint density at radius 3 is 1.04 bits per heavy atom. The second-order valence-electron chi connectivity index (χ2n) is 7.82. The normalized spacial score (nSPS) is 11.3.